The van der Waals surface area contributed by atoms with Crippen molar-refractivity contribution in [3.05, 3.63) is 41.1 Å². The molecule has 1 aliphatic rings. The van der Waals surface area contributed by atoms with Gasteiger partial charge in [0.15, 0.2) is 0 Å². The molecule has 5 heteroatoms. The Hall–Kier alpha value is -2.32. The van der Waals surface area contributed by atoms with Gasteiger partial charge in [-0.2, -0.15) is 5.26 Å². The lowest BCUT2D eigenvalue weighted by Gasteiger charge is -2.27. The van der Waals surface area contributed by atoms with Gasteiger partial charge in [-0.15, -0.1) is 0 Å². The average molecular weight is 312 g/mol. The van der Waals surface area contributed by atoms with Crippen molar-refractivity contribution >= 4 is 11.6 Å². The summed E-state index contributed by atoms with van der Waals surface area (Å²) in [6.45, 7) is 9.09. The molecule has 0 aromatic heterocycles. The maximum atomic E-state index is 12.4. The number of anilines is 1. The molecule has 1 fully saturated rings. The average Bonchev–Trinajstić information content (AvgIpc) is 2.56. The van der Waals surface area contributed by atoms with Gasteiger partial charge in [0.05, 0.1) is 0 Å². The second kappa shape index (κ2) is 7.80. The first-order valence-corrected chi connectivity index (χ1v) is 8.01. The van der Waals surface area contributed by atoms with Crippen LogP contribution in [0.2, 0.25) is 0 Å². The first kappa shape index (κ1) is 17.0. The van der Waals surface area contributed by atoms with Crippen molar-refractivity contribution in [3.8, 4) is 6.07 Å². The smallest absolute Gasteiger partial charge is 0.266 e. The third-order valence-electron chi connectivity index (χ3n) is 4.04. The molecule has 122 valence electrons. The highest BCUT2D eigenvalue weighted by Crippen LogP contribution is 2.27. The third kappa shape index (κ3) is 4.11. The molecule has 1 aliphatic heterocycles. The molecule has 0 unspecified atom stereocenters. The maximum absolute atomic E-state index is 12.4. The topological polar surface area (TPSA) is 68.2 Å². The third-order valence-corrected chi connectivity index (χ3v) is 4.04. The van der Waals surface area contributed by atoms with Crippen LogP contribution in [0.4, 0.5) is 5.69 Å². The van der Waals surface area contributed by atoms with Gasteiger partial charge in [0.1, 0.15) is 11.6 Å². The number of rotatable bonds is 4. The predicted octanol–water partition coefficient (Wildman–Crippen LogP) is 2.37. The van der Waals surface area contributed by atoms with Gasteiger partial charge in [0, 0.05) is 38.1 Å². The van der Waals surface area contributed by atoms with E-state index in [1.165, 1.54) is 5.56 Å². The molecule has 2 N–H and O–H groups in total. The molecule has 23 heavy (non-hydrogen) atoms. The van der Waals surface area contributed by atoms with Gasteiger partial charge in [0.2, 0.25) is 0 Å². The highest BCUT2D eigenvalue weighted by molar-refractivity contribution is 5.97. The van der Waals surface area contributed by atoms with E-state index in [-0.39, 0.29) is 11.5 Å². The molecule has 0 spiro atoms. The zero-order valence-electron chi connectivity index (χ0n) is 14.0. The molecule has 0 bridgehead atoms. The molecular formula is C18H24N4O. The van der Waals surface area contributed by atoms with Gasteiger partial charge < -0.3 is 15.5 Å². The number of nitrogens with one attached hydrogen (secondary N) is 2. The number of hydrogen-bond acceptors (Lipinski definition) is 4. The Morgan fingerprint density at radius 1 is 1.39 bits per heavy atom. The standard InChI is InChI=1S/C18H24N4O/c1-13(2)16-6-4-5-14(3)17(16)21-12-15(11-19)18(23)22-9-7-20-8-10-22/h4-6,12-13,20-21H,7-10H2,1-3H3/b15-12-. The minimum Gasteiger partial charge on any atom is -0.360 e. The van der Waals surface area contributed by atoms with Crippen molar-refractivity contribution in [1.82, 2.24) is 10.2 Å². The van der Waals surface area contributed by atoms with Gasteiger partial charge >= 0.3 is 0 Å². The van der Waals surface area contributed by atoms with Crippen LogP contribution in [0, 0.1) is 18.3 Å². The van der Waals surface area contributed by atoms with Crippen LogP contribution in [-0.2, 0) is 4.79 Å². The highest BCUT2D eigenvalue weighted by atomic mass is 16.2. The summed E-state index contributed by atoms with van der Waals surface area (Å²) >= 11 is 0. The Kier molecular flexibility index (Phi) is 5.78. The second-order valence-corrected chi connectivity index (χ2v) is 6.05. The number of piperazine rings is 1. The summed E-state index contributed by atoms with van der Waals surface area (Å²) in [7, 11) is 0. The van der Waals surface area contributed by atoms with Crippen LogP contribution in [0.3, 0.4) is 0 Å². The van der Waals surface area contributed by atoms with Gasteiger partial charge in [0.25, 0.3) is 5.91 Å². The molecule has 1 aromatic rings. The van der Waals surface area contributed by atoms with E-state index in [1.54, 1.807) is 11.1 Å². The van der Waals surface area contributed by atoms with Gasteiger partial charge in [-0.25, -0.2) is 0 Å². The molecule has 0 aliphatic carbocycles. The van der Waals surface area contributed by atoms with E-state index in [9.17, 15) is 10.1 Å². The van der Waals surface area contributed by atoms with Gasteiger partial charge in [-0.1, -0.05) is 32.0 Å². The van der Waals surface area contributed by atoms with Gasteiger partial charge in [-0.3, -0.25) is 4.79 Å². The monoisotopic (exact) mass is 312 g/mol. The Balaban J connectivity index is 2.20. The zero-order chi connectivity index (χ0) is 16.8. The number of nitriles is 1. The summed E-state index contributed by atoms with van der Waals surface area (Å²) in [6.07, 6.45) is 1.54. The fraction of sp³-hybridized carbons (Fsp3) is 0.444. The van der Waals surface area contributed by atoms with Crippen molar-refractivity contribution in [2.45, 2.75) is 26.7 Å². The molecule has 5 nitrogen and oxygen atoms in total. The van der Waals surface area contributed by atoms with Gasteiger partial charge in [-0.05, 0) is 24.0 Å². The number of hydrogen-bond donors (Lipinski definition) is 2. The van der Waals surface area contributed by atoms with Crippen LogP contribution in [-0.4, -0.2) is 37.0 Å². The van der Waals surface area contributed by atoms with Crippen LogP contribution in [0.25, 0.3) is 0 Å². The van der Waals surface area contributed by atoms with Crippen LogP contribution in [0.5, 0.6) is 0 Å². The summed E-state index contributed by atoms with van der Waals surface area (Å²) in [6, 6.07) is 8.14. The minimum absolute atomic E-state index is 0.143. The number of carbonyl (C=O) groups is 1. The summed E-state index contributed by atoms with van der Waals surface area (Å²) in [5, 5.41) is 15.7. The van der Waals surface area contributed by atoms with E-state index in [0.717, 1.165) is 24.3 Å². The van der Waals surface area contributed by atoms with Crippen LogP contribution in [0.1, 0.15) is 30.9 Å². The summed E-state index contributed by atoms with van der Waals surface area (Å²) in [5.74, 6) is 0.154. The SMILES string of the molecule is Cc1cccc(C(C)C)c1N/C=C(/C#N)C(=O)N1CCNCC1. The van der Waals surface area contributed by atoms with Crippen molar-refractivity contribution in [2.75, 3.05) is 31.5 Å². The van der Waals surface area contributed by atoms with E-state index >= 15 is 0 Å². The molecule has 1 amide bonds. The predicted molar refractivity (Wildman–Crippen MR) is 92.0 cm³/mol. The second-order valence-electron chi connectivity index (χ2n) is 6.05. The molecule has 1 heterocycles. The lowest BCUT2D eigenvalue weighted by molar-refractivity contribution is -0.127. The fourth-order valence-electron chi connectivity index (χ4n) is 2.69. The first-order chi connectivity index (χ1) is 11.0. The molecule has 0 radical (unpaired) electrons. The van der Waals surface area contributed by atoms with Crippen molar-refractivity contribution in [3.63, 3.8) is 0 Å². The molecule has 1 aromatic carbocycles. The van der Waals surface area contributed by atoms with Crippen LogP contribution >= 0.6 is 0 Å². The van der Waals surface area contributed by atoms with Crippen molar-refractivity contribution in [1.29, 1.82) is 5.26 Å². The normalized spacial score (nSPS) is 15.4. The minimum atomic E-state index is -0.207. The van der Waals surface area contributed by atoms with Crippen LogP contribution in [0.15, 0.2) is 30.0 Å². The maximum Gasteiger partial charge on any atom is 0.266 e. The van der Waals surface area contributed by atoms with E-state index < -0.39 is 0 Å². The molecule has 0 saturated carbocycles. The summed E-state index contributed by atoms with van der Waals surface area (Å²) in [4.78, 5) is 14.1. The lowest BCUT2D eigenvalue weighted by atomic mass is 9.98. The van der Waals surface area contributed by atoms with Crippen molar-refractivity contribution in [2.24, 2.45) is 0 Å². The van der Waals surface area contributed by atoms with E-state index in [1.807, 2.05) is 25.1 Å². The molecule has 2 rings (SSSR count). The zero-order valence-corrected chi connectivity index (χ0v) is 14.0. The van der Waals surface area contributed by atoms with E-state index in [0.29, 0.717) is 19.0 Å². The Bertz CT molecular complexity index is 637. The van der Waals surface area contributed by atoms with Crippen molar-refractivity contribution < 1.29 is 4.79 Å². The first-order valence-electron chi connectivity index (χ1n) is 8.01. The van der Waals surface area contributed by atoms with E-state index in [4.69, 9.17) is 0 Å². The number of benzene rings is 1. The molecule has 0 atom stereocenters. The lowest BCUT2D eigenvalue weighted by Crippen LogP contribution is -2.46. The Labute approximate surface area is 138 Å². The number of aryl methyl sites for hydroxylation is 1. The molecule has 1 saturated heterocycles. The van der Waals surface area contributed by atoms with Crippen LogP contribution < -0.4 is 10.6 Å². The highest BCUT2D eigenvalue weighted by Gasteiger charge is 2.20. The molecular weight excluding hydrogens is 288 g/mol. The number of nitrogens with zero attached hydrogens (tertiary/aromatic N) is 2. The fourth-order valence-corrected chi connectivity index (χ4v) is 2.69. The number of amides is 1. The summed E-state index contributed by atoms with van der Waals surface area (Å²) in [5.41, 5.74) is 3.39. The quantitative estimate of drug-likeness (QED) is 0.661. The Morgan fingerprint density at radius 2 is 2.09 bits per heavy atom. The summed E-state index contributed by atoms with van der Waals surface area (Å²) < 4.78 is 0. The van der Waals surface area contributed by atoms with E-state index in [2.05, 4.69) is 30.5 Å². The largest absolute Gasteiger partial charge is 0.360 e. The number of carbonyl (C=O) groups excluding carboxylic acids is 1. The Morgan fingerprint density at radius 3 is 2.70 bits per heavy atom. The number of para-hydroxylation sites is 1.